The number of hydrogen-bond acceptors (Lipinski definition) is 5. The highest BCUT2D eigenvalue weighted by molar-refractivity contribution is 7.90. The van der Waals surface area contributed by atoms with Gasteiger partial charge < -0.3 is 20.5 Å². The van der Waals surface area contributed by atoms with Crippen LogP contribution in [0.5, 0.6) is 11.5 Å². The Morgan fingerprint density at radius 2 is 2.12 bits per heavy atom. The highest BCUT2D eigenvalue weighted by Gasteiger charge is 2.10. The normalized spacial score (nSPS) is 13.4. The quantitative estimate of drug-likeness (QED) is 0.479. The van der Waals surface area contributed by atoms with Crippen molar-refractivity contribution in [1.29, 1.82) is 0 Å². The molecule has 0 heterocycles. The molecule has 0 aliphatic carbocycles. The number of nitrogens with one attached hydrogen (secondary N) is 2. The molecule has 0 amide bonds. The fourth-order valence-corrected chi connectivity index (χ4v) is 2.78. The monoisotopic (exact) mass is 357 g/mol. The van der Waals surface area contributed by atoms with Crippen molar-refractivity contribution in [2.24, 2.45) is 4.99 Å². The molecule has 8 heteroatoms. The van der Waals surface area contributed by atoms with Crippen molar-refractivity contribution in [3.8, 4) is 11.5 Å². The summed E-state index contributed by atoms with van der Waals surface area (Å²) in [6, 6.07) is 4.93. The molecule has 1 unspecified atom stereocenters. The average molecular weight is 357 g/mol. The molecule has 136 valence electrons. The number of phenols is 1. The number of aromatic hydroxyl groups is 1. The summed E-state index contributed by atoms with van der Waals surface area (Å²) in [5, 5.41) is 16.2. The third-order valence-corrected chi connectivity index (χ3v) is 4.32. The predicted octanol–water partition coefficient (Wildman–Crippen LogP) is 1.28. The highest BCUT2D eigenvalue weighted by atomic mass is 32.2. The molecule has 7 nitrogen and oxygen atoms in total. The van der Waals surface area contributed by atoms with E-state index in [1.807, 2.05) is 13.8 Å². The maximum atomic E-state index is 11.2. The summed E-state index contributed by atoms with van der Waals surface area (Å²) >= 11 is 0. The van der Waals surface area contributed by atoms with E-state index in [1.54, 1.807) is 25.3 Å². The Hall–Kier alpha value is -1.96. The number of nitrogens with zero attached hydrogens (tertiary/aromatic N) is 1. The van der Waals surface area contributed by atoms with Crippen LogP contribution < -0.4 is 15.4 Å². The Balaban J connectivity index is 2.75. The number of phenolic OH excluding ortho intramolecular Hbond substituents is 1. The smallest absolute Gasteiger partial charge is 0.191 e. The van der Waals surface area contributed by atoms with Crippen LogP contribution in [0.4, 0.5) is 0 Å². The zero-order valence-corrected chi connectivity index (χ0v) is 15.5. The van der Waals surface area contributed by atoms with Gasteiger partial charge in [-0.05, 0) is 38.5 Å². The van der Waals surface area contributed by atoms with Gasteiger partial charge in [0.2, 0.25) is 0 Å². The van der Waals surface area contributed by atoms with E-state index in [2.05, 4.69) is 15.6 Å². The lowest BCUT2D eigenvalue weighted by atomic mass is 10.2. The number of benzene rings is 1. The summed E-state index contributed by atoms with van der Waals surface area (Å²) in [7, 11) is -1.42. The van der Waals surface area contributed by atoms with Gasteiger partial charge in [0, 0.05) is 24.4 Å². The summed E-state index contributed by atoms with van der Waals surface area (Å²) in [5.41, 5.74) is 0.648. The SMILES string of the molecule is CCNC(=NCc1cc(OC)ccc1O)NC(C)CCS(C)(=O)=O. The fourth-order valence-electron chi connectivity index (χ4n) is 2.00. The van der Waals surface area contributed by atoms with Crippen molar-refractivity contribution in [3.05, 3.63) is 23.8 Å². The zero-order valence-electron chi connectivity index (χ0n) is 14.7. The standard InChI is InChI=1S/C16H27N3O4S/c1-5-17-16(19-12(2)8-9-24(4,21)22)18-11-13-10-14(23-3)6-7-15(13)20/h6-7,10,12,20H,5,8-9,11H2,1-4H3,(H2,17,18,19). The molecule has 0 saturated heterocycles. The predicted molar refractivity (Wildman–Crippen MR) is 96.4 cm³/mol. The van der Waals surface area contributed by atoms with Gasteiger partial charge in [0.15, 0.2) is 5.96 Å². The molecular formula is C16H27N3O4S. The number of rotatable bonds is 8. The van der Waals surface area contributed by atoms with E-state index < -0.39 is 9.84 Å². The molecule has 0 saturated carbocycles. The highest BCUT2D eigenvalue weighted by Crippen LogP contribution is 2.23. The maximum absolute atomic E-state index is 11.2. The summed E-state index contributed by atoms with van der Waals surface area (Å²) < 4.78 is 27.6. The van der Waals surface area contributed by atoms with Gasteiger partial charge >= 0.3 is 0 Å². The second kappa shape index (κ2) is 9.36. The third kappa shape index (κ3) is 7.54. The first kappa shape index (κ1) is 20.1. The second-order valence-corrected chi connectivity index (χ2v) is 7.91. The van der Waals surface area contributed by atoms with Crippen LogP contribution in [0, 0.1) is 0 Å². The van der Waals surface area contributed by atoms with E-state index in [0.29, 0.717) is 30.2 Å². The van der Waals surface area contributed by atoms with E-state index in [4.69, 9.17) is 4.74 Å². The Morgan fingerprint density at radius 1 is 1.42 bits per heavy atom. The van der Waals surface area contributed by atoms with Gasteiger partial charge in [-0.15, -0.1) is 0 Å². The van der Waals surface area contributed by atoms with Gasteiger partial charge in [-0.2, -0.15) is 0 Å². The van der Waals surface area contributed by atoms with Gasteiger partial charge in [0.1, 0.15) is 21.3 Å². The van der Waals surface area contributed by atoms with Gasteiger partial charge in [-0.3, -0.25) is 0 Å². The summed E-state index contributed by atoms with van der Waals surface area (Å²) in [6.07, 6.45) is 1.72. The minimum absolute atomic E-state index is 0.0450. The molecule has 24 heavy (non-hydrogen) atoms. The lowest BCUT2D eigenvalue weighted by Gasteiger charge is -2.17. The number of methoxy groups -OCH3 is 1. The Bertz CT molecular complexity index is 659. The van der Waals surface area contributed by atoms with Crippen LogP contribution in [0.1, 0.15) is 25.8 Å². The molecule has 1 aromatic rings. The molecule has 1 aromatic carbocycles. The van der Waals surface area contributed by atoms with Crippen molar-refractivity contribution in [1.82, 2.24) is 10.6 Å². The van der Waals surface area contributed by atoms with E-state index in [1.165, 1.54) is 6.26 Å². The maximum Gasteiger partial charge on any atom is 0.191 e. The number of aliphatic imine (C=N–C) groups is 1. The van der Waals surface area contributed by atoms with Crippen LogP contribution >= 0.6 is 0 Å². The molecule has 1 atom stereocenters. The zero-order chi connectivity index (χ0) is 18.2. The van der Waals surface area contributed by atoms with Crippen LogP contribution in [0.3, 0.4) is 0 Å². The average Bonchev–Trinajstić information content (AvgIpc) is 2.51. The van der Waals surface area contributed by atoms with Crippen molar-refractivity contribution < 1.29 is 18.3 Å². The van der Waals surface area contributed by atoms with E-state index in [-0.39, 0.29) is 24.1 Å². The molecule has 0 bridgehead atoms. The van der Waals surface area contributed by atoms with Crippen molar-refractivity contribution in [2.75, 3.05) is 25.7 Å². The summed E-state index contributed by atoms with van der Waals surface area (Å²) in [4.78, 5) is 4.43. The van der Waals surface area contributed by atoms with E-state index >= 15 is 0 Å². The van der Waals surface area contributed by atoms with E-state index in [9.17, 15) is 13.5 Å². The van der Waals surface area contributed by atoms with Gasteiger partial charge in [-0.1, -0.05) is 0 Å². The fraction of sp³-hybridized carbons (Fsp3) is 0.562. The first-order chi connectivity index (χ1) is 11.2. The van der Waals surface area contributed by atoms with Crippen molar-refractivity contribution in [2.45, 2.75) is 32.9 Å². The largest absolute Gasteiger partial charge is 0.508 e. The molecule has 0 aliphatic heterocycles. The van der Waals surface area contributed by atoms with Crippen LogP contribution in [-0.4, -0.2) is 51.2 Å². The molecule has 0 aliphatic rings. The first-order valence-corrected chi connectivity index (χ1v) is 9.89. The number of guanidine groups is 1. The minimum atomic E-state index is -2.98. The Labute approximate surface area is 144 Å². The lowest BCUT2D eigenvalue weighted by molar-refractivity contribution is 0.411. The van der Waals surface area contributed by atoms with E-state index in [0.717, 1.165) is 0 Å². The van der Waals surface area contributed by atoms with Crippen LogP contribution in [-0.2, 0) is 16.4 Å². The second-order valence-electron chi connectivity index (χ2n) is 5.65. The third-order valence-electron chi connectivity index (χ3n) is 3.34. The molecule has 0 aromatic heterocycles. The molecular weight excluding hydrogens is 330 g/mol. The Kier molecular flexibility index (Phi) is 7.84. The lowest BCUT2D eigenvalue weighted by Crippen LogP contribution is -2.42. The van der Waals surface area contributed by atoms with Crippen LogP contribution in [0.15, 0.2) is 23.2 Å². The van der Waals surface area contributed by atoms with Crippen molar-refractivity contribution in [3.63, 3.8) is 0 Å². The first-order valence-electron chi connectivity index (χ1n) is 7.83. The van der Waals surface area contributed by atoms with Crippen LogP contribution in [0.2, 0.25) is 0 Å². The van der Waals surface area contributed by atoms with Crippen LogP contribution in [0.25, 0.3) is 0 Å². The van der Waals surface area contributed by atoms with Gasteiger partial charge in [-0.25, -0.2) is 13.4 Å². The Morgan fingerprint density at radius 3 is 2.71 bits per heavy atom. The number of sulfone groups is 1. The summed E-state index contributed by atoms with van der Waals surface area (Å²) in [6.45, 7) is 4.80. The van der Waals surface area contributed by atoms with Gasteiger partial charge in [0.05, 0.1) is 19.4 Å². The summed E-state index contributed by atoms with van der Waals surface area (Å²) in [5.74, 6) is 1.50. The molecule has 1 rings (SSSR count). The number of hydrogen-bond donors (Lipinski definition) is 3. The molecule has 0 fully saturated rings. The minimum Gasteiger partial charge on any atom is -0.508 e. The van der Waals surface area contributed by atoms with Crippen molar-refractivity contribution >= 4 is 15.8 Å². The molecule has 0 radical (unpaired) electrons. The molecule has 3 N–H and O–H groups in total. The number of ether oxygens (including phenoxy) is 1. The topological polar surface area (TPSA) is 100 Å². The molecule has 0 spiro atoms. The van der Waals surface area contributed by atoms with Gasteiger partial charge in [0.25, 0.3) is 0 Å².